The summed E-state index contributed by atoms with van der Waals surface area (Å²) in [5, 5.41) is 9.19. The molecule has 0 radical (unpaired) electrons. The van der Waals surface area contributed by atoms with E-state index in [1.165, 1.54) is 0 Å². The van der Waals surface area contributed by atoms with Gasteiger partial charge in [0.05, 0.1) is 33.0 Å². The van der Waals surface area contributed by atoms with E-state index in [9.17, 15) is 5.11 Å². The van der Waals surface area contributed by atoms with E-state index in [0.717, 1.165) is 47.9 Å². The van der Waals surface area contributed by atoms with Crippen LogP contribution in [0.15, 0.2) is 121 Å². The van der Waals surface area contributed by atoms with Gasteiger partial charge in [0.1, 0.15) is 24.4 Å². The Bertz CT molecular complexity index is 1360. The summed E-state index contributed by atoms with van der Waals surface area (Å²) in [6.45, 7) is 2.59. The van der Waals surface area contributed by atoms with Gasteiger partial charge >= 0.3 is 0 Å². The Kier molecular flexibility index (Phi) is 14.9. The molecule has 0 aromatic heterocycles. The lowest BCUT2D eigenvalue weighted by atomic mass is 9.97. The lowest BCUT2D eigenvalue weighted by molar-refractivity contribution is -0.328. The van der Waals surface area contributed by atoms with Crippen LogP contribution in [0.2, 0.25) is 0 Å². The average Bonchev–Trinajstić information content (AvgIpc) is 3.13. The molecule has 7 heteroatoms. The van der Waals surface area contributed by atoms with Crippen molar-refractivity contribution in [3.8, 4) is 0 Å². The first kappa shape index (κ1) is 34.9. The van der Waals surface area contributed by atoms with Gasteiger partial charge in [0.2, 0.25) is 0 Å². The number of aliphatic hydroxyl groups is 1. The quantitative estimate of drug-likeness (QED) is 0.102. The molecule has 7 nitrogen and oxygen atoms in total. The number of hydrogen-bond donors (Lipinski definition) is 1. The molecule has 0 bridgehead atoms. The molecule has 250 valence electrons. The monoisotopic (exact) mass is 640 g/mol. The summed E-state index contributed by atoms with van der Waals surface area (Å²) in [5.41, 5.74) is 4.25. The summed E-state index contributed by atoms with van der Waals surface area (Å²) in [5.74, 6) is 0. The highest BCUT2D eigenvalue weighted by molar-refractivity contribution is 5.16. The molecule has 0 aliphatic carbocycles. The summed E-state index contributed by atoms with van der Waals surface area (Å²) in [6, 6.07) is 40.5. The standard InChI is InChI=1S/C40H48O7/c41-25-15-1-2-16-26-43-40-39(46-30-35-23-13-6-14-24-35)38(45-29-34-21-11-5-12-22-34)37(44-28-33-19-9-4-10-20-33)36(47-40)31-42-27-32-17-7-3-8-18-32/h3-14,17-24,36-41H,1-2,15-16,25-31H2/t36?,37-,38+,39-,40?/m1/s1. The highest BCUT2D eigenvalue weighted by atomic mass is 16.7. The third-order valence-electron chi connectivity index (χ3n) is 8.18. The Morgan fingerprint density at radius 1 is 0.468 bits per heavy atom. The molecular formula is C40H48O7. The molecule has 1 N–H and O–H groups in total. The third kappa shape index (κ3) is 11.7. The van der Waals surface area contributed by atoms with Crippen molar-refractivity contribution in [3.05, 3.63) is 144 Å². The number of hydrogen-bond acceptors (Lipinski definition) is 7. The van der Waals surface area contributed by atoms with Gasteiger partial charge < -0.3 is 33.5 Å². The van der Waals surface area contributed by atoms with Gasteiger partial charge in [0.15, 0.2) is 6.29 Å². The topological polar surface area (TPSA) is 75.6 Å². The molecule has 4 aromatic carbocycles. The zero-order valence-electron chi connectivity index (χ0n) is 27.1. The van der Waals surface area contributed by atoms with Crippen molar-refractivity contribution in [1.82, 2.24) is 0 Å². The maximum atomic E-state index is 9.19. The van der Waals surface area contributed by atoms with E-state index < -0.39 is 30.7 Å². The van der Waals surface area contributed by atoms with Crippen LogP contribution in [0.4, 0.5) is 0 Å². The third-order valence-corrected chi connectivity index (χ3v) is 8.18. The normalized spacial score (nSPS) is 21.1. The van der Waals surface area contributed by atoms with Crippen molar-refractivity contribution in [1.29, 1.82) is 0 Å². The lowest BCUT2D eigenvalue weighted by Crippen LogP contribution is -2.61. The Morgan fingerprint density at radius 3 is 1.43 bits per heavy atom. The summed E-state index contributed by atoms with van der Waals surface area (Å²) in [6.07, 6.45) is 0.807. The van der Waals surface area contributed by atoms with Gasteiger partial charge in [0, 0.05) is 13.2 Å². The van der Waals surface area contributed by atoms with Crippen molar-refractivity contribution in [2.75, 3.05) is 19.8 Å². The van der Waals surface area contributed by atoms with E-state index in [1.54, 1.807) is 0 Å². The van der Waals surface area contributed by atoms with Gasteiger partial charge in [0.25, 0.3) is 0 Å². The number of rotatable bonds is 20. The summed E-state index contributed by atoms with van der Waals surface area (Å²) < 4.78 is 39.5. The molecule has 5 atom stereocenters. The minimum Gasteiger partial charge on any atom is -0.396 e. The van der Waals surface area contributed by atoms with Gasteiger partial charge in [-0.3, -0.25) is 0 Å². The maximum Gasteiger partial charge on any atom is 0.186 e. The van der Waals surface area contributed by atoms with Crippen LogP contribution in [0.5, 0.6) is 0 Å². The highest BCUT2D eigenvalue weighted by Gasteiger charge is 2.49. The SMILES string of the molecule is OCCCCCCOC1OC(COCc2ccccc2)[C@@H](OCc2ccccc2)[C@H](OCc2ccccc2)[C@H]1OCc1ccccc1. The second-order valence-electron chi connectivity index (χ2n) is 11.8. The highest BCUT2D eigenvalue weighted by Crippen LogP contribution is 2.32. The van der Waals surface area contributed by atoms with E-state index in [-0.39, 0.29) is 6.61 Å². The van der Waals surface area contributed by atoms with Crippen molar-refractivity contribution >= 4 is 0 Å². The van der Waals surface area contributed by atoms with Crippen LogP contribution in [0.25, 0.3) is 0 Å². The first-order valence-corrected chi connectivity index (χ1v) is 16.8. The predicted octanol–water partition coefficient (Wildman–Crippen LogP) is 7.25. The second-order valence-corrected chi connectivity index (χ2v) is 11.8. The summed E-state index contributed by atoms with van der Waals surface area (Å²) in [4.78, 5) is 0. The van der Waals surface area contributed by atoms with Crippen LogP contribution < -0.4 is 0 Å². The number of ether oxygens (including phenoxy) is 6. The minimum atomic E-state index is -0.695. The van der Waals surface area contributed by atoms with Crippen LogP contribution in [0, 0.1) is 0 Å². The van der Waals surface area contributed by atoms with Crippen LogP contribution in [-0.2, 0) is 54.8 Å². The Balaban J connectivity index is 1.40. The lowest BCUT2D eigenvalue weighted by Gasteiger charge is -2.46. The smallest absolute Gasteiger partial charge is 0.186 e. The zero-order chi connectivity index (χ0) is 32.4. The van der Waals surface area contributed by atoms with Crippen LogP contribution in [0.3, 0.4) is 0 Å². The van der Waals surface area contributed by atoms with Gasteiger partial charge in [-0.25, -0.2) is 0 Å². The van der Waals surface area contributed by atoms with Crippen molar-refractivity contribution in [2.45, 2.75) is 82.8 Å². The molecule has 0 saturated carbocycles. The molecule has 1 aliphatic rings. The Hall–Kier alpha value is -3.40. The Labute approximate surface area is 279 Å². The molecule has 1 saturated heterocycles. The van der Waals surface area contributed by atoms with E-state index in [1.807, 2.05) is 97.1 Å². The molecule has 4 aromatic rings. The van der Waals surface area contributed by atoms with Crippen LogP contribution in [-0.4, -0.2) is 55.6 Å². The fourth-order valence-electron chi connectivity index (χ4n) is 5.65. The number of aliphatic hydroxyl groups excluding tert-OH is 1. The van der Waals surface area contributed by atoms with Crippen molar-refractivity contribution in [2.24, 2.45) is 0 Å². The first-order valence-electron chi connectivity index (χ1n) is 16.8. The van der Waals surface area contributed by atoms with Gasteiger partial charge in [-0.1, -0.05) is 134 Å². The predicted molar refractivity (Wildman–Crippen MR) is 181 cm³/mol. The van der Waals surface area contributed by atoms with Crippen LogP contribution >= 0.6 is 0 Å². The second kappa shape index (κ2) is 20.1. The van der Waals surface area contributed by atoms with Crippen LogP contribution in [0.1, 0.15) is 47.9 Å². The molecule has 1 fully saturated rings. The summed E-state index contributed by atoms with van der Waals surface area (Å²) >= 11 is 0. The largest absolute Gasteiger partial charge is 0.396 e. The number of benzene rings is 4. The molecule has 0 amide bonds. The zero-order valence-corrected chi connectivity index (χ0v) is 27.1. The van der Waals surface area contributed by atoms with E-state index >= 15 is 0 Å². The number of unbranched alkanes of at least 4 members (excludes halogenated alkanes) is 3. The first-order chi connectivity index (χ1) is 23.3. The molecule has 1 aliphatic heterocycles. The fourth-order valence-corrected chi connectivity index (χ4v) is 5.65. The average molecular weight is 641 g/mol. The molecule has 47 heavy (non-hydrogen) atoms. The van der Waals surface area contributed by atoms with E-state index in [4.69, 9.17) is 28.4 Å². The maximum absolute atomic E-state index is 9.19. The van der Waals surface area contributed by atoms with Gasteiger partial charge in [-0.15, -0.1) is 0 Å². The molecule has 5 rings (SSSR count). The molecule has 2 unspecified atom stereocenters. The van der Waals surface area contributed by atoms with E-state index in [2.05, 4.69) is 24.3 Å². The van der Waals surface area contributed by atoms with Gasteiger partial charge in [-0.05, 0) is 35.1 Å². The minimum absolute atomic E-state index is 0.206. The molecular weight excluding hydrogens is 592 g/mol. The fraction of sp³-hybridized carbons (Fsp3) is 0.400. The van der Waals surface area contributed by atoms with Crippen molar-refractivity contribution in [3.63, 3.8) is 0 Å². The Morgan fingerprint density at radius 2 is 0.915 bits per heavy atom. The van der Waals surface area contributed by atoms with Gasteiger partial charge in [-0.2, -0.15) is 0 Å². The molecule has 1 heterocycles. The van der Waals surface area contributed by atoms with Crippen molar-refractivity contribution < 1.29 is 33.5 Å². The summed E-state index contributed by atoms with van der Waals surface area (Å²) in [7, 11) is 0. The molecule has 0 spiro atoms. The van der Waals surface area contributed by atoms with E-state index in [0.29, 0.717) is 39.6 Å².